The van der Waals surface area contributed by atoms with E-state index in [0.717, 1.165) is 35.4 Å². The average molecular weight is 486 g/mol. The van der Waals surface area contributed by atoms with Gasteiger partial charge in [0.15, 0.2) is 6.61 Å². The van der Waals surface area contributed by atoms with Gasteiger partial charge in [-0.15, -0.1) is 10.2 Å². The molecule has 0 unspecified atom stereocenters. The molecule has 7 nitrogen and oxygen atoms in total. The Kier molecular flexibility index (Phi) is 7.58. The molecule has 0 bridgehead atoms. The highest BCUT2D eigenvalue weighted by Gasteiger charge is 2.13. The van der Waals surface area contributed by atoms with Gasteiger partial charge in [-0.3, -0.25) is 4.79 Å². The number of anilines is 2. The third kappa shape index (κ3) is 5.51. The van der Waals surface area contributed by atoms with Crippen LogP contribution in [0.5, 0.6) is 5.75 Å². The summed E-state index contributed by atoms with van der Waals surface area (Å²) in [5, 5.41) is 12.3. The molecule has 0 saturated heterocycles. The molecule has 0 aliphatic rings. The van der Waals surface area contributed by atoms with Gasteiger partial charge < -0.3 is 15.0 Å². The maximum atomic E-state index is 12.6. The van der Waals surface area contributed by atoms with Gasteiger partial charge in [-0.2, -0.15) is 4.80 Å². The van der Waals surface area contributed by atoms with Crippen LogP contribution in [0.25, 0.3) is 16.7 Å². The highest BCUT2D eigenvalue weighted by molar-refractivity contribution is 5.95. The van der Waals surface area contributed by atoms with Crippen LogP contribution in [-0.2, 0) is 4.79 Å². The number of rotatable bonds is 9. The second-order valence-corrected chi connectivity index (χ2v) is 9.35. The zero-order valence-corrected chi connectivity index (χ0v) is 22.0. The van der Waals surface area contributed by atoms with Crippen molar-refractivity contribution in [2.45, 2.75) is 47.5 Å². The van der Waals surface area contributed by atoms with Crippen molar-refractivity contribution < 1.29 is 9.53 Å². The van der Waals surface area contributed by atoms with E-state index in [-0.39, 0.29) is 12.5 Å². The molecule has 0 spiro atoms. The van der Waals surface area contributed by atoms with Gasteiger partial charge in [0, 0.05) is 24.5 Å². The molecule has 0 saturated carbocycles. The summed E-state index contributed by atoms with van der Waals surface area (Å²) in [6.07, 6.45) is 0. The third-order valence-electron chi connectivity index (χ3n) is 6.44. The van der Waals surface area contributed by atoms with Crippen LogP contribution >= 0.6 is 0 Å². The number of aryl methyl sites for hydroxylation is 2. The maximum absolute atomic E-state index is 12.6. The first kappa shape index (κ1) is 25.2. The zero-order chi connectivity index (χ0) is 25.8. The Balaban J connectivity index is 1.48. The lowest BCUT2D eigenvalue weighted by atomic mass is 10.0. The molecule has 1 N–H and O–H groups in total. The minimum Gasteiger partial charge on any atom is -0.484 e. The number of ether oxygens (including phenoxy) is 1. The Bertz CT molecular complexity index is 1350. The smallest absolute Gasteiger partial charge is 0.262 e. The summed E-state index contributed by atoms with van der Waals surface area (Å²) >= 11 is 0. The number of carbonyl (C=O) groups excluding carboxylic acids is 1. The van der Waals surface area contributed by atoms with Crippen molar-refractivity contribution in [3.8, 4) is 11.4 Å². The van der Waals surface area contributed by atoms with Crippen LogP contribution in [0.2, 0.25) is 0 Å². The molecule has 3 aromatic carbocycles. The van der Waals surface area contributed by atoms with E-state index in [1.54, 1.807) is 4.80 Å². The van der Waals surface area contributed by atoms with E-state index in [1.807, 2.05) is 43.3 Å². The zero-order valence-electron chi connectivity index (χ0n) is 22.0. The molecular weight excluding hydrogens is 450 g/mol. The van der Waals surface area contributed by atoms with Crippen LogP contribution in [0.4, 0.5) is 11.4 Å². The van der Waals surface area contributed by atoms with Crippen LogP contribution in [-0.4, -0.2) is 40.6 Å². The first-order chi connectivity index (χ1) is 17.3. The SMILES string of the molecule is CCN(CC)c1ccc(-n2nc3cc(C)c(NC(=O)COc4ccc(C(C)C)cc4)cc3n2)c(C)c1. The quantitative estimate of drug-likeness (QED) is 0.314. The number of nitrogens with one attached hydrogen (secondary N) is 1. The fourth-order valence-electron chi connectivity index (χ4n) is 4.24. The first-order valence-electron chi connectivity index (χ1n) is 12.5. The molecule has 4 aromatic rings. The van der Waals surface area contributed by atoms with Crippen LogP contribution < -0.4 is 15.0 Å². The number of nitrogens with zero attached hydrogens (tertiary/aromatic N) is 4. The lowest BCUT2D eigenvalue weighted by Crippen LogP contribution is -2.21. The van der Waals surface area contributed by atoms with E-state index >= 15 is 0 Å². The first-order valence-corrected chi connectivity index (χ1v) is 12.5. The van der Waals surface area contributed by atoms with Gasteiger partial charge in [0.2, 0.25) is 0 Å². The lowest BCUT2D eigenvalue weighted by Gasteiger charge is -2.22. The second kappa shape index (κ2) is 10.8. The minimum absolute atomic E-state index is 0.0662. The van der Waals surface area contributed by atoms with Gasteiger partial charge in [-0.05, 0) is 92.8 Å². The van der Waals surface area contributed by atoms with E-state index in [9.17, 15) is 4.79 Å². The Labute approximate surface area is 213 Å². The Morgan fingerprint density at radius 3 is 2.22 bits per heavy atom. The molecule has 7 heteroatoms. The van der Waals surface area contributed by atoms with Crippen molar-refractivity contribution in [3.63, 3.8) is 0 Å². The fourth-order valence-corrected chi connectivity index (χ4v) is 4.24. The van der Waals surface area contributed by atoms with Crippen molar-refractivity contribution >= 4 is 28.3 Å². The van der Waals surface area contributed by atoms with E-state index in [4.69, 9.17) is 9.84 Å². The Hall–Kier alpha value is -3.87. The molecule has 36 heavy (non-hydrogen) atoms. The average Bonchev–Trinajstić information content (AvgIpc) is 3.26. The summed E-state index contributed by atoms with van der Waals surface area (Å²) in [6.45, 7) is 14.5. The van der Waals surface area contributed by atoms with Crippen LogP contribution in [0.3, 0.4) is 0 Å². The van der Waals surface area contributed by atoms with Crippen molar-refractivity contribution in [2.75, 3.05) is 29.9 Å². The number of benzene rings is 3. The number of aromatic nitrogens is 3. The van der Waals surface area contributed by atoms with Gasteiger partial charge in [0.05, 0.1) is 5.69 Å². The second-order valence-electron chi connectivity index (χ2n) is 9.35. The van der Waals surface area contributed by atoms with Crippen molar-refractivity contribution in [3.05, 3.63) is 71.3 Å². The molecule has 0 radical (unpaired) electrons. The van der Waals surface area contributed by atoms with E-state index < -0.39 is 0 Å². The van der Waals surface area contributed by atoms with Gasteiger partial charge in [0.25, 0.3) is 5.91 Å². The summed E-state index contributed by atoms with van der Waals surface area (Å²) in [5.41, 5.74) is 7.57. The number of fused-ring (bicyclic) bond motifs is 1. The number of hydrogen-bond acceptors (Lipinski definition) is 5. The monoisotopic (exact) mass is 485 g/mol. The number of carbonyl (C=O) groups is 1. The number of amides is 1. The normalized spacial score (nSPS) is 11.2. The van der Waals surface area contributed by atoms with Crippen LogP contribution in [0.1, 0.15) is 50.3 Å². The summed E-state index contributed by atoms with van der Waals surface area (Å²) in [5.74, 6) is 0.904. The third-order valence-corrected chi connectivity index (χ3v) is 6.44. The van der Waals surface area contributed by atoms with Crippen LogP contribution in [0, 0.1) is 13.8 Å². The molecule has 0 fully saturated rings. The molecular formula is C29H35N5O2. The number of hydrogen-bond donors (Lipinski definition) is 1. The summed E-state index contributed by atoms with van der Waals surface area (Å²) in [7, 11) is 0. The summed E-state index contributed by atoms with van der Waals surface area (Å²) in [6, 6.07) is 18.0. The molecule has 0 aliphatic carbocycles. The topological polar surface area (TPSA) is 72.3 Å². The largest absolute Gasteiger partial charge is 0.484 e. The Morgan fingerprint density at radius 1 is 0.944 bits per heavy atom. The van der Waals surface area contributed by atoms with Crippen molar-refractivity contribution in [2.24, 2.45) is 0 Å². The van der Waals surface area contributed by atoms with Crippen molar-refractivity contribution in [1.82, 2.24) is 15.0 Å². The van der Waals surface area contributed by atoms with Gasteiger partial charge in [0.1, 0.15) is 16.8 Å². The lowest BCUT2D eigenvalue weighted by molar-refractivity contribution is -0.118. The molecule has 0 aliphatic heterocycles. The van der Waals surface area contributed by atoms with Gasteiger partial charge in [-0.25, -0.2) is 0 Å². The molecule has 0 atom stereocenters. The predicted molar refractivity (Wildman–Crippen MR) is 147 cm³/mol. The highest BCUT2D eigenvalue weighted by Crippen LogP contribution is 2.25. The molecule has 1 aromatic heterocycles. The summed E-state index contributed by atoms with van der Waals surface area (Å²) < 4.78 is 5.67. The molecule has 1 heterocycles. The summed E-state index contributed by atoms with van der Waals surface area (Å²) in [4.78, 5) is 16.6. The standard InChI is InChI=1S/C29H35N5O2/c1-7-33(8-2)23-11-14-28(21(6)15-23)34-31-26-16-20(5)25(17-27(26)32-34)30-29(35)18-36-24-12-9-22(10-13-24)19(3)4/h9-17,19H,7-8,18H2,1-6H3,(H,30,35). The van der Waals surface area contributed by atoms with Crippen LogP contribution in [0.15, 0.2) is 54.6 Å². The molecule has 1 amide bonds. The Morgan fingerprint density at radius 2 is 1.61 bits per heavy atom. The maximum Gasteiger partial charge on any atom is 0.262 e. The highest BCUT2D eigenvalue weighted by atomic mass is 16.5. The van der Waals surface area contributed by atoms with Gasteiger partial charge in [-0.1, -0.05) is 26.0 Å². The fraction of sp³-hybridized carbons (Fsp3) is 0.345. The van der Waals surface area contributed by atoms with Gasteiger partial charge >= 0.3 is 0 Å². The minimum atomic E-state index is -0.222. The van der Waals surface area contributed by atoms with E-state index in [2.05, 4.69) is 68.1 Å². The molecule has 4 rings (SSSR count). The molecule has 188 valence electrons. The predicted octanol–water partition coefficient (Wildman–Crippen LogP) is 6.02. The van der Waals surface area contributed by atoms with E-state index in [1.165, 1.54) is 11.3 Å². The van der Waals surface area contributed by atoms with Crippen molar-refractivity contribution in [1.29, 1.82) is 0 Å². The van der Waals surface area contributed by atoms with E-state index in [0.29, 0.717) is 22.9 Å².